The number of anilines is 1. The molecule has 2 aromatic heterocycles. The SMILES string of the molecule is C[C@@H]1CCN(C(=O)Cn2c(Cl)nc3c2c(=O)n(C)c(=O)n3C)c2ccccc2S1. The molecule has 152 valence electrons. The average Bonchev–Trinajstić information content (AvgIpc) is 2.91. The van der Waals surface area contributed by atoms with Gasteiger partial charge in [0.1, 0.15) is 6.54 Å². The molecule has 29 heavy (non-hydrogen) atoms. The number of imidazole rings is 1. The molecule has 8 nitrogen and oxygen atoms in total. The maximum atomic E-state index is 13.3. The number of rotatable bonds is 2. The summed E-state index contributed by atoms with van der Waals surface area (Å²) in [5.41, 5.74) is 0.126. The Hall–Kier alpha value is -2.52. The Morgan fingerprint density at radius 2 is 1.97 bits per heavy atom. The predicted octanol–water partition coefficient (Wildman–Crippen LogP) is 2.00. The number of thioether (sulfide) groups is 1. The summed E-state index contributed by atoms with van der Waals surface area (Å²) in [5.74, 6) is -0.191. The minimum atomic E-state index is -0.532. The lowest BCUT2D eigenvalue weighted by molar-refractivity contribution is -0.119. The molecule has 0 bridgehead atoms. The number of aryl methyl sites for hydroxylation is 1. The van der Waals surface area contributed by atoms with Crippen molar-refractivity contribution in [3.63, 3.8) is 0 Å². The minimum Gasteiger partial charge on any atom is -0.310 e. The summed E-state index contributed by atoms with van der Waals surface area (Å²) in [4.78, 5) is 45.0. The standard InChI is InChI=1S/C19H20ClN5O3S/c1-11-8-9-24(12-6-4-5-7-13(12)29-11)14(26)10-25-15-16(21-18(25)20)22(2)19(28)23(3)17(15)27/h4-7,11H,8-10H2,1-3H3/t11-/m1/s1. The van der Waals surface area contributed by atoms with E-state index in [0.717, 1.165) is 21.6 Å². The molecule has 10 heteroatoms. The van der Waals surface area contributed by atoms with Gasteiger partial charge < -0.3 is 4.90 Å². The molecule has 1 aliphatic rings. The first-order valence-electron chi connectivity index (χ1n) is 9.17. The van der Waals surface area contributed by atoms with Gasteiger partial charge in [-0.2, -0.15) is 4.98 Å². The van der Waals surface area contributed by atoms with Gasteiger partial charge in [0.15, 0.2) is 11.2 Å². The smallest absolute Gasteiger partial charge is 0.310 e. The van der Waals surface area contributed by atoms with Crippen molar-refractivity contribution in [2.45, 2.75) is 30.0 Å². The summed E-state index contributed by atoms with van der Waals surface area (Å²) in [6.45, 7) is 2.57. The molecule has 3 aromatic rings. The van der Waals surface area contributed by atoms with Crippen LogP contribution in [0.1, 0.15) is 13.3 Å². The molecule has 0 spiro atoms. The Balaban J connectivity index is 1.79. The summed E-state index contributed by atoms with van der Waals surface area (Å²) >= 11 is 8.01. The maximum Gasteiger partial charge on any atom is 0.332 e. The molecule has 0 unspecified atom stereocenters. The number of aromatic nitrogens is 4. The number of para-hydroxylation sites is 1. The normalized spacial score (nSPS) is 16.7. The van der Waals surface area contributed by atoms with E-state index in [2.05, 4.69) is 11.9 Å². The summed E-state index contributed by atoms with van der Waals surface area (Å²) in [7, 11) is 2.91. The van der Waals surface area contributed by atoms with Crippen molar-refractivity contribution in [3.8, 4) is 0 Å². The largest absolute Gasteiger partial charge is 0.332 e. The zero-order valence-electron chi connectivity index (χ0n) is 16.3. The van der Waals surface area contributed by atoms with Crippen LogP contribution in [0.5, 0.6) is 0 Å². The minimum absolute atomic E-state index is 0.00231. The van der Waals surface area contributed by atoms with Crippen LogP contribution in [0, 0.1) is 0 Å². The van der Waals surface area contributed by atoms with E-state index in [9.17, 15) is 14.4 Å². The van der Waals surface area contributed by atoms with Gasteiger partial charge in [0.2, 0.25) is 11.2 Å². The van der Waals surface area contributed by atoms with Crippen LogP contribution in [-0.4, -0.2) is 36.4 Å². The Kier molecular flexibility index (Phi) is 5.04. The van der Waals surface area contributed by atoms with Crippen LogP contribution >= 0.6 is 23.4 Å². The lowest BCUT2D eigenvalue weighted by Crippen LogP contribution is -2.39. The molecular weight excluding hydrogens is 414 g/mol. The molecular formula is C19H20ClN5O3S. The number of carbonyl (C=O) groups is 1. The fourth-order valence-corrected chi connectivity index (χ4v) is 4.87. The Morgan fingerprint density at radius 1 is 1.24 bits per heavy atom. The lowest BCUT2D eigenvalue weighted by Gasteiger charge is -2.23. The van der Waals surface area contributed by atoms with E-state index in [-0.39, 0.29) is 28.9 Å². The second kappa shape index (κ2) is 7.38. The summed E-state index contributed by atoms with van der Waals surface area (Å²) < 4.78 is 3.62. The second-order valence-corrected chi connectivity index (χ2v) is 8.89. The van der Waals surface area contributed by atoms with Gasteiger partial charge in [0.25, 0.3) is 5.56 Å². The highest BCUT2D eigenvalue weighted by atomic mass is 35.5. The molecule has 1 amide bonds. The summed E-state index contributed by atoms with van der Waals surface area (Å²) in [5, 5.41) is 0.380. The number of benzene rings is 1. The number of hydrogen-bond acceptors (Lipinski definition) is 5. The van der Waals surface area contributed by atoms with Crippen LogP contribution in [0.4, 0.5) is 5.69 Å². The van der Waals surface area contributed by atoms with Gasteiger partial charge in [-0.25, -0.2) is 4.79 Å². The van der Waals surface area contributed by atoms with Crippen LogP contribution < -0.4 is 16.1 Å². The van der Waals surface area contributed by atoms with Crippen molar-refractivity contribution in [3.05, 3.63) is 50.4 Å². The van der Waals surface area contributed by atoms with E-state index in [1.54, 1.807) is 16.7 Å². The van der Waals surface area contributed by atoms with Crippen molar-refractivity contribution < 1.29 is 4.79 Å². The summed E-state index contributed by atoms with van der Waals surface area (Å²) in [6.07, 6.45) is 0.847. The van der Waals surface area contributed by atoms with Crippen LogP contribution in [0.2, 0.25) is 5.28 Å². The molecule has 1 atom stereocenters. The van der Waals surface area contributed by atoms with Gasteiger partial charge >= 0.3 is 5.69 Å². The van der Waals surface area contributed by atoms with E-state index >= 15 is 0 Å². The first-order chi connectivity index (χ1) is 13.8. The van der Waals surface area contributed by atoms with Crippen LogP contribution in [0.25, 0.3) is 11.2 Å². The molecule has 0 radical (unpaired) electrons. The zero-order chi connectivity index (χ0) is 20.9. The maximum absolute atomic E-state index is 13.3. The van der Waals surface area contributed by atoms with E-state index in [1.165, 1.54) is 23.2 Å². The number of hydrogen-bond donors (Lipinski definition) is 0. The third-order valence-electron chi connectivity index (χ3n) is 5.14. The van der Waals surface area contributed by atoms with E-state index in [0.29, 0.717) is 11.8 Å². The quantitative estimate of drug-likeness (QED) is 0.577. The molecule has 0 fully saturated rings. The van der Waals surface area contributed by atoms with Crippen LogP contribution in [-0.2, 0) is 25.4 Å². The van der Waals surface area contributed by atoms with Crippen molar-refractivity contribution in [1.82, 2.24) is 18.7 Å². The van der Waals surface area contributed by atoms with Gasteiger partial charge in [-0.1, -0.05) is 19.1 Å². The monoisotopic (exact) mass is 433 g/mol. The molecule has 3 heterocycles. The molecule has 1 aromatic carbocycles. The molecule has 0 N–H and O–H groups in total. The van der Waals surface area contributed by atoms with Crippen molar-refractivity contribution in [2.24, 2.45) is 14.1 Å². The van der Waals surface area contributed by atoms with Crippen LogP contribution in [0.15, 0.2) is 38.8 Å². The Bertz CT molecular complexity index is 1250. The number of fused-ring (bicyclic) bond motifs is 2. The molecule has 0 aliphatic carbocycles. The molecule has 0 saturated heterocycles. The first kappa shape index (κ1) is 19.8. The van der Waals surface area contributed by atoms with Gasteiger partial charge in [-0.15, -0.1) is 11.8 Å². The Morgan fingerprint density at radius 3 is 2.72 bits per heavy atom. The van der Waals surface area contributed by atoms with E-state index < -0.39 is 11.2 Å². The number of amides is 1. The fraction of sp³-hybridized carbons (Fsp3) is 0.368. The number of carbonyl (C=O) groups excluding carboxylic acids is 1. The molecule has 1 aliphatic heterocycles. The highest BCUT2D eigenvalue weighted by Crippen LogP contribution is 2.37. The third-order valence-corrected chi connectivity index (χ3v) is 6.67. The van der Waals surface area contributed by atoms with Crippen LogP contribution in [0.3, 0.4) is 0 Å². The number of nitrogens with zero attached hydrogens (tertiary/aromatic N) is 5. The van der Waals surface area contributed by atoms with Gasteiger partial charge in [-0.3, -0.25) is 23.3 Å². The summed E-state index contributed by atoms with van der Waals surface area (Å²) in [6, 6.07) is 7.79. The van der Waals surface area contributed by atoms with Crippen molar-refractivity contribution in [2.75, 3.05) is 11.4 Å². The molecule has 4 rings (SSSR count). The van der Waals surface area contributed by atoms with Crippen molar-refractivity contribution in [1.29, 1.82) is 0 Å². The predicted molar refractivity (Wildman–Crippen MR) is 114 cm³/mol. The first-order valence-corrected chi connectivity index (χ1v) is 10.4. The fourth-order valence-electron chi connectivity index (χ4n) is 3.53. The Labute approximate surface area is 175 Å². The highest BCUT2D eigenvalue weighted by Gasteiger charge is 2.26. The van der Waals surface area contributed by atoms with Gasteiger partial charge in [-0.05, 0) is 30.2 Å². The molecule has 0 saturated carbocycles. The lowest BCUT2D eigenvalue weighted by atomic mass is 10.2. The second-order valence-electron chi connectivity index (χ2n) is 7.08. The highest BCUT2D eigenvalue weighted by molar-refractivity contribution is 8.00. The van der Waals surface area contributed by atoms with Crippen molar-refractivity contribution >= 4 is 46.1 Å². The van der Waals surface area contributed by atoms with E-state index in [4.69, 9.17) is 11.6 Å². The zero-order valence-corrected chi connectivity index (χ0v) is 17.8. The van der Waals surface area contributed by atoms with E-state index in [1.807, 2.05) is 24.3 Å². The number of halogens is 1. The third kappa shape index (κ3) is 3.28. The topological polar surface area (TPSA) is 82.1 Å². The average molecular weight is 434 g/mol. The van der Waals surface area contributed by atoms with Gasteiger partial charge in [0, 0.05) is 30.8 Å². The van der Waals surface area contributed by atoms with Gasteiger partial charge in [0.05, 0.1) is 5.69 Å².